The lowest BCUT2D eigenvalue weighted by molar-refractivity contribution is 0.181. The minimum atomic E-state index is -0.178. The molecule has 20 heavy (non-hydrogen) atoms. The Morgan fingerprint density at radius 2 is 1.55 bits per heavy atom. The summed E-state index contributed by atoms with van der Waals surface area (Å²) in [5.41, 5.74) is 2.47. The van der Waals surface area contributed by atoms with E-state index in [1.807, 2.05) is 18.2 Å². The highest BCUT2D eigenvalue weighted by atomic mass is 19.1. The lowest BCUT2D eigenvalue weighted by atomic mass is 9.99. The van der Waals surface area contributed by atoms with Gasteiger partial charge in [0, 0.05) is 12.1 Å². The Labute approximate surface area is 121 Å². The molecule has 2 rings (SSSR count). The second-order valence-corrected chi connectivity index (χ2v) is 5.23. The highest BCUT2D eigenvalue weighted by Crippen LogP contribution is 2.30. The lowest BCUT2D eigenvalue weighted by Gasteiger charge is -2.33. The normalized spacial score (nSPS) is 14.2. The van der Waals surface area contributed by atoms with Gasteiger partial charge in [0.05, 0.1) is 0 Å². The smallest absolute Gasteiger partial charge is 0.123 e. The molecule has 0 heterocycles. The molecule has 0 aromatic heterocycles. The largest absolute Gasteiger partial charge is 0.293 e. The molecule has 106 valence electrons. The zero-order valence-electron chi connectivity index (χ0n) is 12.4. The maximum atomic E-state index is 13.1. The topological polar surface area (TPSA) is 3.24 Å². The van der Waals surface area contributed by atoms with E-state index in [0.29, 0.717) is 12.1 Å². The Kier molecular flexibility index (Phi) is 4.91. The van der Waals surface area contributed by atoms with Crippen molar-refractivity contribution in [3.05, 3.63) is 71.5 Å². The summed E-state index contributed by atoms with van der Waals surface area (Å²) in [6.07, 6.45) is 0.999. The van der Waals surface area contributed by atoms with E-state index in [-0.39, 0.29) is 5.82 Å². The average Bonchev–Trinajstić information content (AvgIpc) is 2.50. The van der Waals surface area contributed by atoms with Crippen molar-refractivity contribution in [3.63, 3.8) is 0 Å². The van der Waals surface area contributed by atoms with Crippen molar-refractivity contribution < 1.29 is 4.39 Å². The molecular formula is C18H22FN. The van der Waals surface area contributed by atoms with Crippen molar-refractivity contribution in [1.82, 2.24) is 4.90 Å². The molecule has 0 saturated heterocycles. The van der Waals surface area contributed by atoms with Crippen molar-refractivity contribution in [3.8, 4) is 0 Å². The monoisotopic (exact) mass is 271 g/mol. The van der Waals surface area contributed by atoms with Crippen LogP contribution in [0.25, 0.3) is 0 Å². The number of rotatable bonds is 5. The molecule has 0 fully saturated rings. The van der Waals surface area contributed by atoms with Crippen molar-refractivity contribution in [2.45, 2.75) is 32.4 Å². The second-order valence-electron chi connectivity index (χ2n) is 5.23. The minimum absolute atomic E-state index is 0.178. The molecule has 1 nitrogen and oxygen atoms in total. The summed E-state index contributed by atoms with van der Waals surface area (Å²) in [4.78, 5) is 2.35. The van der Waals surface area contributed by atoms with Crippen LogP contribution in [0.3, 0.4) is 0 Å². The Bertz CT molecular complexity index is 521. The fourth-order valence-electron chi connectivity index (χ4n) is 2.68. The summed E-state index contributed by atoms with van der Waals surface area (Å²) in [5, 5.41) is 0. The average molecular weight is 271 g/mol. The standard InChI is InChI=1S/C18H22FN/c1-4-18(16-10-12-17(19)13-11-16)20(3)14(2)15-8-6-5-7-9-15/h5-14,18H,4H2,1-3H3/t14-,18?/m1/s1. The van der Waals surface area contributed by atoms with Crippen LogP contribution in [0, 0.1) is 5.82 Å². The predicted molar refractivity (Wildman–Crippen MR) is 82.1 cm³/mol. The summed E-state index contributed by atoms with van der Waals surface area (Å²) < 4.78 is 13.1. The molecule has 0 saturated carbocycles. The van der Waals surface area contributed by atoms with E-state index in [4.69, 9.17) is 0 Å². The van der Waals surface area contributed by atoms with Gasteiger partial charge in [-0.3, -0.25) is 4.90 Å². The SMILES string of the molecule is CCC(c1ccc(F)cc1)N(C)[C@H](C)c1ccccc1. The van der Waals surface area contributed by atoms with Gasteiger partial charge in [-0.25, -0.2) is 4.39 Å². The Morgan fingerprint density at radius 1 is 0.950 bits per heavy atom. The number of benzene rings is 2. The molecule has 0 N–H and O–H groups in total. The molecule has 1 unspecified atom stereocenters. The minimum Gasteiger partial charge on any atom is -0.293 e. The van der Waals surface area contributed by atoms with E-state index < -0.39 is 0 Å². The Morgan fingerprint density at radius 3 is 2.10 bits per heavy atom. The third kappa shape index (κ3) is 3.26. The van der Waals surface area contributed by atoms with E-state index in [1.165, 1.54) is 11.1 Å². The van der Waals surface area contributed by atoms with E-state index in [9.17, 15) is 4.39 Å². The van der Waals surface area contributed by atoms with E-state index in [1.54, 1.807) is 12.1 Å². The van der Waals surface area contributed by atoms with Crippen molar-refractivity contribution >= 4 is 0 Å². The van der Waals surface area contributed by atoms with Gasteiger partial charge in [-0.15, -0.1) is 0 Å². The third-order valence-electron chi connectivity index (χ3n) is 4.03. The summed E-state index contributed by atoms with van der Waals surface area (Å²) >= 11 is 0. The van der Waals surface area contributed by atoms with Gasteiger partial charge in [0.25, 0.3) is 0 Å². The summed E-state index contributed by atoms with van der Waals surface area (Å²) in [5.74, 6) is -0.178. The van der Waals surface area contributed by atoms with E-state index in [0.717, 1.165) is 6.42 Å². The van der Waals surface area contributed by atoms with Gasteiger partial charge in [0.1, 0.15) is 5.82 Å². The first-order valence-electron chi connectivity index (χ1n) is 7.15. The van der Waals surface area contributed by atoms with Gasteiger partial charge >= 0.3 is 0 Å². The van der Waals surface area contributed by atoms with Crippen molar-refractivity contribution in [2.24, 2.45) is 0 Å². The van der Waals surface area contributed by atoms with Crippen LogP contribution in [0.15, 0.2) is 54.6 Å². The van der Waals surface area contributed by atoms with Gasteiger partial charge < -0.3 is 0 Å². The summed E-state index contributed by atoms with van der Waals surface area (Å²) in [6, 6.07) is 18.0. The Hall–Kier alpha value is -1.67. The summed E-state index contributed by atoms with van der Waals surface area (Å²) in [6.45, 7) is 4.38. The molecule has 0 aliphatic heterocycles. The number of hydrogen-bond donors (Lipinski definition) is 0. The quantitative estimate of drug-likeness (QED) is 0.742. The molecule has 2 heteroatoms. The van der Waals surface area contributed by atoms with E-state index in [2.05, 4.69) is 50.1 Å². The molecule has 2 aromatic rings. The van der Waals surface area contributed by atoms with Gasteiger partial charge in [0.2, 0.25) is 0 Å². The first-order valence-corrected chi connectivity index (χ1v) is 7.15. The molecule has 0 spiro atoms. The maximum absolute atomic E-state index is 13.1. The molecule has 0 amide bonds. The van der Waals surface area contributed by atoms with Crippen LogP contribution < -0.4 is 0 Å². The van der Waals surface area contributed by atoms with E-state index >= 15 is 0 Å². The van der Waals surface area contributed by atoms with Gasteiger partial charge in [-0.1, -0.05) is 49.4 Å². The maximum Gasteiger partial charge on any atom is 0.123 e. The molecule has 0 bridgehead atoms. The lowest BCUT2D eigenvalue weighted by Crippen LogP contribution is -2.27. The first kappa shape index (κ1) is 14.7. The molecule has 2 atom stereocenters. The highest BCUT2D eigenvalue weighted by Gasteiger charge is 2.20. The second kappa shape index (κ2) is 6.67. The van der Waals surface area contributed by atoms with Crippen LogP contribution in [-0.2, 0) is 0 Å². The fourth-order valence-corrected chi connectivity index (χ4v) is 2.68. The number of nitrogens with zero attached hydrogens (tertiary/aromatic N) is 1. The van der Waals surface area contributed by atoms with Crippen LogP contribution in [0.2, 0.25) is 0 Å². The predicted octanol–water partition coefficient (Wildman–Crippen LogP) is 4.97. The molecule has 0 aliphatic rings. The van der Waals surface area contributed by atoms with Gasteiger partial charge in [-0.2, -0.15) is 0 Å². The van der Waals surface area contributed by atoms with Gasteiger partial charge in [-0.05, 0) is 43.7 Å². The van der Waals surface area contributed by atoms with Crippen LogP contribution in [0.4, 0.5) is 4.39 Å². The van der Waals surface area contributed by atoms with Gasteiger partial charge in [0.15, 0.2) is 0 Å². The van der Waals surface area contributed by atoms with Crippen LogP contribution >= 0.6 is 0 Å². The number of hydrogen-bond acceptors (Lipinski definition) is 1. The zero-order chi connectivity index (χ0) is 14.5. The molecule has 0 radical (unpaired) electrons. The first-order chi connectivity index (χ1) is 9.63. The van der Waals surface area contributed by atoms with Crippen molar-refractivity contribution in [2.75, 3.05) is 7.05 Å². The van der Waals surface area contributed by atoms with Crippen LogP contribution in [0.5, 0.6) is 0 Å². The summed E-state index contributed by atoms with van der Waals surface area (Å²) in [7, 11) is 2.13. The molecule has 0 aliphatic carbocycles. The van der Waals surface area contributed by atoms with Crippen LogP contribution in [-0.4, -0.2) is 11.9 Å². The zero-order valence-corrected chi connectivity index (χ0v) is 12.4. The fraction of sp³-hybridized carbons (Fsp3) is 0.333. The third-order valence-corrected chi connectivity index (χ3v) is 4.03. The molecule has 2 aromatic carbocycles. The highest BCUT2D eigenvalue weighted by molar-refractivity contribution is 5.22. The molecular weight excluding hydrogens is 249 g/mol. The van der Waals surface area contributed by atoms with Crippen molar-refractivity contribution in [1.29, 1.82) is 0 Å². The van der Waals surface area contributed by atoms with Crippen LogP contribution in [0.1, 0.15) is 43.5 Å². The Balaban J connectivity index is 2.20. The number of halogens is 1.